The topological polar surface area (TPSA) is 92.5 Å². The summed E-state index contributed by atoms with van der Waals surface area (Å²) >= 11 is 5.78. The van der Waals surface area contributed by atoms with Gasteiger partial charge in [-0.3, -0.25) is 14.9 Å². The van der Waals surface area contributed by atoms with Gasteiger partial charge in [0.05, 0.1) is 10.8 Å². The Balaban J connectivity index is 2.88. The predicted molar refractivity (Wildman–Crippen MR) is 68.1 cm³/mol. The maximum Gasteiger partial charge on any atom is 0.308 e. The molecule has 0 spiro atoms. The second-order valence-corrected chi connectivity index (χ2v) is 4.40. The number of nitro groups is 1. The molecule has 0 fully saturated rings. The first-order valence-electron chi connectivity index (χ1n) is 5.24. The number of carboxylic acid groups (broad SMARTS) is 1. The number of hydrogen-bond donors (Lipinski definition) is 2. The highest BCUT2D eigenvalue weighted by molar-refractivity contribution is 6.33. The van der Waals surface area contributed by atoms with Crippen molar-refractivity contribution in [2.24, 2.45) is 5.92 Å². The van der Waals surface area contributed by atoms with Crippen molar-refractivity contribution in [3.63, 3.8) is 0 Å². The van der Waals surface area contributed by atoms with Crippen LogP contribution >= 0.6 is 11.6 Å². The van der Waals surface area contributed by atoms with Crippen LogP contribution in [0, 0.1) is 23.0 Å². The fraction of sp³-hybridized carbons (Fsp3) is 0.364. The standard InChI is InChI=1S/C11H13ClN2O4/c1-6-3-10(14(17)18)8(12)4-9(6)13-5-7(2)11(15)16/h3-4,7,13H,5H2,1-2H3,(H,15,16). The van der Waals surface area contributed by atoms with Crippen LogP contribution in [0.15, 0.2) is 12.1 Å². The second kappa shape index (κ2) is 5.68. The van der Waals surface area contributed by atoms with E-state index in [2.05, 4.69) is 5.32 Å². The van der Waals surface area contributed by atoms with Crippen molar-refractivity contribution in [3.05, 3.63) is 32.8 Å². The first kappa shape index (κ1) is 14.2. The van der Waals surface area contributed by atoms with Crippen LogP contribution in [-0.4, -0.2) is 22.5 Å². The maximum absolute atomic E-state index is 10.7. The van der Waals surface area contributed by atoms with Crippen molar-refractivity contribution in [3.8, 4) is 0 Å². The molecule has 1 aromatic carbocycles. The third-order valence-electron chi connectivity index (χ3n) is 2.51. The first-order chi connectivity index (χ1) is 8.32. The van der Waals surface area contributed by atoms with Crippen LogP contribution in [0.25, 0.3) is 0 Å². The lowest BCUT2D eigenvalue weighted by atomic mass is 10.1. The minimum absolute atomic E-state index is 0.0241. The number of halogens is 1. The molecule has 7 heteroatoms. The molecule has 1 unspecified atom stereocenters. The number of nitro benzene ring substituents is 1. The van der Waals surface area contributed by atoms with E-state index in [9.17, 15) is 14.9 Å². The zero-order valence-corrected chi connectivity index (χ0v) is 10.7. The monoisotopic (exact) mass is 272 g/mol. The van der Waals surface area contributed by atoms with E-state index in [0.29, 0.717) is 11.3 Å². The average Bonchev–Trinajstić information content (AvgIpc) is 2.28. The molecular weight excluding hydrogens is 260 g/mol. The summed E-state index contributed by atoms with van der Waals surface area (Å²) in [4.78, 5) is 20.8. The third-order valence-corrected chi connectivity index (χ3v) is 2.81. The van der Waals surface area contributed by atoms with Gasteiger partial charge < -0.3 is 10.4 Å². The van der Waals surface area contributed by atoms with E-state index < -0.39 is 16.8 Å². The van der Waals surface area contributed by atoms with Gasteiger partial charge in [-0.2, -0.15) is 0 Å². The summed E-state index contributed by atoms with van der Waals surface area (Å²) < 4.78 is 0. The van der Waals surface area contributed by atoms with Gasteiger partial charge in [-0.05, 0) is 18.6 Å². The van der Waals surface area contributed by atoms with Gasteiger partial charge in [0.25, 0.3) is 5.69 Å². The van der Waals surface area contributed by atoms with E-state index in [1.807, 2.05) is 0 Å². The van der Waals surface area contributed by atoms with E-state index in [4.69, 9.17) is 16.7 Å². The lowest BCUT2D eigenvalue weighted by Crippen LogP contribution is -2.20. The maximum atomic E-state index is 10.7. The minimum Gasteiger partial charge on any atom is -0.481 e. The molecule has 0 saturated carbocycles. The zero-order chi connectivity index (χ0) is 13.9. The molecular formula is C11H13ClN2O4. The molecule has 0 bridgehead atoms. The largest absolute Gasteiger partial charge is 0.481 e. The van der Waals surface area contributed by atoms with Crippen LogP contribution in [0.4, 0.5) is 11.4 Å². The van der Waals surface area contributed by atoms with Crippen molar-refractivity contribution in [2.75, 3.05) is 11.9 Å². The van der Waals surface area contributed by atoms with Crippen LogP contribution in [-0.2, 0) is 4.79 Å². The van der Waals surface area contributed by atoms with Crippen molar-refractivity contribution in [2.45, 2.75) is 13.8 Å². The number of rotatable bonds is 5. The summed E-state index contributed by atoms with van der Waals surface area (Å²) in [5, 5.41) is 22.3. The van der Waals surface area contributed by atoms with Gasteiger partial charge in [0.1, 0.15) is 5.02 Å². The molecule has 1 atom stereocenters. The number of nitrogens with zero attached hydrogens (tertiary/aromatic N) is 1. The molecule has 0 radical (unpaired) electrons. The summed E-state index contributed by atoms with van der Waals surface area (Å²) in [5.41, 5.74) is 1.08. The lowest BCUT2D eigenvalue weighted by molar-refractivity contribution is -0.384. The summed E-state index contributed by atoms with van der Waals surface area (Å²) in [6.07, 6.45) is 0. The number of aryl methyl sites for hydroxylation is 1. The molecule has 0 amide bonds. The van der Waals surface area contributed by atoms with E-state index >= 15 is 0 Å². The number of nitrogens with one attached hydrogen (secondary N) is 1. The number of carboxylic acids is 1. The Kier molecular flexibility index (Phi) is 4.49. The number of anilines is 1. The molecule has 0 aromatic heterocycles. The van der Waals surface area contributed by atoms with Crippen molar-refractivity contribution in [1.82, 2.24) is 0 Å². The van der Waals surface area contributed by atoms with E-state index in [1.165, 1.54) is 12.1 Å². The summed E-state index contributed by atoms with van der Waals surface area (Å²) in [6.45, 7) is 3.49. The van der Waals surface area contributed by atoms with Crippen molar-refractivity contribution >= 4 is 28.9 Å². The summed E-state index contributed by atoms with van der Waals surface area (Å²) in [6, 6.07) is 2.79. The Labute approximate surface area is 109 Å². The van der Waals surface area contributed by atoms with Crippen LogP contribution < -0.4 is 5.32 Å². The Hall–Kier alpha value is -1.82. The average molecular weight is 273 g/mol. The number of aliphatic carboxylic acids is 1. The van der Waals surface area contributed by atoms with Crippen LogP contribution in [0.2, 0.25) is 5.02 Å². The fourth-order valence-corrected chi connectivity index (χ4v) is 1.58. The normalized spacial score (nSPS) is 11.9. The van der Waals surface area contributed by atoms with Gasteiger partial charge in [-0.1, -0.05) is 18.5 Å². The zero-order valence-electron chi connectivity index (χ0n) is 9.94. The third kappa shape index (κ3) is 3.33. The summed E-state index contributed by atoms with van der Waals surface area (Å²) in [7, 11) is 0. The molecule has 2 N–H and O–H groups in total. The van der Waals surface area contributed by atoms with Gasteiger partial charge in [-0.15, -0.1) is 0 Å². The molecule has 0 aliphatic rings. The molecule has 1 rings (SSSR count). The SMILES string of the molecule is Cc1cc([N+](=O)[O-])c(Cl)cc1NCC(C)C(=O)O. The van der Waals surface area contributed by atoms with Gasteiger partial charge in [0.15, 0.2) is 0 Å². The molecule has 0 aliphatic heterocycles. The summed E-state index contributed by atoms with van der Waals surface area (Å²) in [5.74, 6) is -1.47. The number of benzene rings is 1. The van der Waals surface area contributed by atoms with Crippen molar-refractivity contribution in [1.29, 1.82) is 0 Å². The highest BCUT2D eigenvalue weighted by atomic mass is 35.5. The Morgan fingerprint density at radius 1 is 1.61 bits per heavy atom. The van der Waals surface area contributed by atoms with E-state index in [0.717, 1.165) is 0 Å². The molecule has 0 saturated heterocycles. The van der Waals surface area contributed by atoms with E-state index in [1.54, 1.807) is 13.8 Å². The molecule has 1 aromatic rings. The number of carbonyl (C=O) groups is 1. The lowest BCUT2D eigenvalue weighted by Gasteiger charge is -2.12. The van der Waals surface area contributed by atoms with Crippen LogP contribution in [0.1, 0.15) is 12.5 Å². The van der Waals surface area contributed by atoms with Gasteiger partial charge >= 0.3 is 5.97 Å². The molecule has 0 aliphatic carbocycles. The molecule has 18 heavy (non-hydrogen) atoms. The highest BCUT2D eigenvalue weighted by Crippen LogP contribution is 2.30. The van der Waals surface area contributed by atoms with Crippen LogP contribution in [0.5, 0.6) is 0 Å². The fourth-order valence-electron chi connectivity index (χ4n) is 1.35. The number of hydrogen-bond acceptors (Lipinski definition) is 4. The Morgan fingerprint density at radius 3 is 2.72 bits per heavy atom. The van der Waals surface area contributed by atoms with Crippen LogP contribution in [0.3, 0.4) is 0 Å². The Bertz CT molecular complexity index is 490. The first-order valence-corrected chi connectivity index (χ1v) is 5.62. The van der Waals surface area contributed by atoms with Gasteiger partial charge in [0, 0.05) is 18.3 Å². The Morgan fingerprint density at radius 2 is 2.22 bits per heavy atom. The van der Waals surface area contributed by atoms with Gasteiger partial charge in [0.2, 0.25) is 0 Å². The van der Waals surface area contributed by atoms with Crippen molar-refractivity contribution < 1.29 is 14.8 Å². The molecule has 98 valence electrons. The minimum atomic E-state index is -0.909. The molecule has 6 nitrogen and oxygen atoms in total. The highest BCUT2D eigenvalue weighted by Gasteiger charge is 2.16. The van der Waals surface area contributed by atoms with E-state index in [-0.39, 0.29) is 17.3 Å². The predicted octanol–water partition coefficient (Wildman–Crippen LogP) is 2.69. The smallest absolute Gasteiger partial charge is 0.308 e. The van der Waals surface area contributed by atoms with Gasteiger partial charge in [-0.25, -0.2) is 0 Å². The second-order valence-electron chi connectivity index (χ2n) is 4.00. The molecule has 0 heterocycles. The quantitative estimate of drug-likeness (QED) is 0.635.